The molecule has 6 heteroatoms. The van der Waals surface area contributed by atoms with Gasteiger partial charge in [-0.25, -0.2) is 9.97 Å². The van der Waals surface area contributed by atoms with Crippen LogP contribution in [-0.2, 0) is 6.61 Å². The molecule has 26 heavy (non-hydrogen) atoms. The van der Waals surface area contributed by atoms with Crippen LogP contribution >= 0.6 is 0 Å². The molecule has 0 unspecified atom stereocenters. The van der Waals surface area contributed by atoms with Crippen molar-refractivity contribution in [3.63, 3.8) is 0 Å². The summed E-state index contributed by atoms with van der Waals surface area (Å²) in [5.41, 5.74) is 6.20. The summed E-state index contributed by atoms with van der Waals surface area (Å²) in [6.45, 7) is 0.00161. The number of nitrogens with zero attached hydrogens (tertiary/aromatic N) is 4. The standard InChI is InChI=1S/C20H15N5O/c26-12-13-3-5-21-17(7-13)15-1-2-19-24-18(11-25(19)10-15)16-8-14-4-6-22-20(14)23-9-16/h1-11,26H,12H2,(H,22,23). The predicted molar refractivity (Wildman–Crippen MR) is 99.4 cm³/mol. The van der Waals surface area contributed by atoms with Crippen molar-refractivity contribution < 1.29 is 5.11 Å². The van der Waals surface area contributed by atoms with Gasteiger partial charge in [0, 0.05) is 47.5 Å². The number of rotatable bonds is 3. The molecule has 6 nitrogen and oxygen atoms in total. The molecular weight excluding hydrogens is 326 g/mol. The van der Waals surface area contributed by atoms with Crippen molar-refractivity contribution >= 4 is 16.7 Å². The zero-order valence-electron chi connectivity index (χ0n) is 13.8. The van der Waals surface area contributed by atoms with Crippen LogP contribution < -0.4 is 0 Å². The summed E-state index contributed by atoms with van der Waals surface area (Å²) < 4.78 is 1.99. The number of aromatic nitrogens is 5. The summed E-state index contributed by atoms with van der Waals surface area (Å²) in [6, 6.07) is 11.7. The highest BCUT2D eigenvalue weighted by atomic mass is 16.3. The molecule has 0 aliphatic carbocycles. The highest BCUT2D eigenvalue weighted by Crippen LogP contribution is 2.24. The highest BCUT2D eigenvalue weighted by molar-refractivity contribution is 5.80. The molecule has 0 saturated carbocycles. The zero-order chi connectivity index (χ0) is 17.5. The molecule has 5 rings (SSSR count). The Morgan fingerprint density at radius 2 is 1.92 bits per heavy atom. The van der Waals surface area contributed by atoms with Gasteiger partial charge in [-0.3, -0.25) is 4.98 Å². The Morgan fingerprint density at radius 1 is 0.962 bits per heavy atom. The summed E-state index contributed by atoms with van der Waals surface area (Å²) in [4.78, 5) is 16.6. The van der Waals surface area contributed by atoms with Gasteiger partial charge >= 0.3 is 0 Å². The molecule has 0 aromatic carbocycles. The van der Waals surface area contributed by atoms with Gasteiger partial charge in [-0.2, -0.15) is 0 Å². The van der Waals surface area contributed by atoms with Gasteiger partial charge in [0.2, 0.25) is 0 Å². The van der Waals surface area contributed by atoms with Crippen LogP contribution in [0.15, 0.2) is 67.4 Å². The molecule has 0 saturated heterocycles. The number of fused-ring (bicyclic) bond motifs is 2. The maximum atomic E-state index is 9.32. The third-order valence-corrected chi connectivity index (χ3v) is 4.45. The number of aliphatic hydroxyl groups is 1. The van der Waals surface area contributed by atoms with E-state index in [0.717, 1.165) is 44.8 Å². The van der Waals surface area contributed by atoms with Gasteiger partial charge in [0.25, 0.3) is 0 Å². The molecule has 126 valence electrons. The monoisotopic (exact) mass is 341 g/mol. The normalized spacial score (nSPS) is 11.4. The molecule has 2 N–H and O–H groups in total. The number of aliphatic hydroxyl groups excluding tert-OH is 1. The molecule has 0 radical (unpaired) electrons. The lowest BCUT2D eigenvalue weighted by Gasteiger charge is -2.03. The second-order valence-electron chi connectivity index (χ2n) is 6.16. The van der Waals surface area contributed by atoms with E-state index >= 15 is 0 Å². The molecule has 0 aliphatic heterocycles. The topological polar surface area (TPSA) is 79.1 Å². The van der Waals surface area contributed by atoms with Gasteiger partial charge in [0.15, 0.2) is 0 Å². The van der Waals surface area contributed by atoms with E-state index in [9.17, 15) is 5.11 Å². The molecule has 5 heterocycles. The first-order valence-electron chi connectivity index (χ1n) is 8.28. The van der Waals surface area contributed by atoms with Crippen molar-refractivity contribution in [2.75, 3.05) is 0 Å². The molecule has 0 fully saturated rings. The molecule has 0 bridgehead atoms. The molecule has 0 amide bonds. The molecule has 0 aliphatic rings. The Hall–Kier alpha value is -3.51. The SMILES string of the molecule is OCc1ccnc(-c2ccc3nc(-c4cnc5[nH]ccc5c4)cn3c2)c1. The lowest BCUT2D eigenvalue weighted by Crippen LogP contribution is -1.90. The molecular formula is C20H15N5O. The molecule has 5 aromatic rings. The van der Waals surface area contributed by atoms with Crippen molar-refractivity contribution in [2.45, 2.75) is 6.61 Å². The van der Waals surface area contributed by atoms with Gasteiger partial charge in [-0.05, 0) is 42.0 Å². The van der Waals surface area contributed by atoms with E-state index in [2.05, 4.69) is 21.0 Å². The van der Waals surface area contributed by atoms with Crippen molar-refractivity contribution in [1.29, 1.82) is 0 Å². The summed E-state index contributed by atoms with van der Waals surface area (Å²) in [5.74, 6) is 0. The van der Waals surface area contributed by atoms with Crippen LogP contribution in [0.4, 0.5) is 0 Å². The quantitative estimate of drug-likeness (QED) is 0.527. The third-order valence-electron chi connectivity index (χ3n) is 4.45. The van der Waals surface area contributed by atoms with E-state index in [1.165, 1.54) is 0 Å². The zero-order valence-corrected chi connectivity index (χ0v) is 13.8. The number of aromatic amines is 1. The summed E-state index contributed by atoms with van der Waals surface area (Å²) in [5, 5.41) is 10.4. The second-order valence-corrected chi connectivity index (χ2v) is 6.16. The summed E-state index contributed by atoms with van der Waals surface area (Å²) in [6.07, 6.45) is 9.41. The molecule has 5 aromatic heterocycles. The fraction of sp³-hybridized carbons (Fsp3) is 0.0500. The van der Waals surface area contributed by atoms with Crippen LogP contribution in [0.3, 0.4) is 0 Å². The number of nitrogens with one attached hydrogen (secondary N) is 1. The summed E-state index contributed by atoms with van der Waals surface area (Å²) in [7, 11) is 0. The van der Waals surface area contributed by atoms with Gasteiger partial charge in [0.1, 0.15) is 11.3 Å². The highest BCUT2D eigenvalue weighted by Gasteiger charge is 2.08. The minimum absolute atomic E-state index is 0.00161. The van der Waals surface area contributed by atoms with Gasteiger partial charge in [-0.1, -0.05) is 0 Å². The number of hydrogen-bond donors (Lipinski definition) is 2. The van der Waals surface area contributed by atoms with E-state index in [4.69, 9.17) is 4.98 Å². The first-order valence-corrected chi connectivity index (χ1v) is 8.28. The van der Waals surface area contributed by atoms with Crippen LogP contribution in [0.25, 0.3) is 39.2 Å². The van der Waals surface area contributed by atoms with Crippen molar-refractivity contribution in [2.24, 2.45) is 0 Å². The third kappa shape index (κ3) is 2.44. The Balaban J connectivity index is 1.59. The number of hydrogen-bond acceptors (Lipinski definition) is 4. The van der Waals surface area contributed by atoms with Crippen LogP contribution in [-0.4, -0.2) is 29.4 Å². The minimum atomic E-state index is 0.00161. The Labute approximate surface area is 148 Å². The van der Waals surface area contributed by atoms with Crippen LogP contribution in [0.5, 0.6) is 0 Å². The number of pyridine rings is 3. The smallest absolute Gasteiger partial charge is 0.137 e. The second kappa shape index (κ2) is 5.79. The Kier molecular flexibility index (Phi) is 3.29. The average molecular weight is 341 g/mol. The van der Waals surface area contributed by atoms with Crippen LogP contribution in [0, 0.1) is 0 Å². The van der Waals surface area contributed by atoms with Crippen LogP contribution in [0.1, 0.15) is 5.56 Å². The van der Waals surface area contributed by atoms with Crippen molar-refractivity contribution in [3.8, 4) is 22.5 Å². The first kappa shape index (κ1) is 14.8. The fourth-order valence-electron chi connectivity index (χ4n) is 3.09. The maximum absolute atomic E-state index is 9.32. The van der Waals surface area contributed by atoms with Crippen molar-refractivity contribution in [1.82, 2.24) is 24.3 Å². The predicted octanol–water partition coefficient (Wildman–Crippen LogP) is 3.43. The van der Waals surface area contributed by atoms with Gasteiger partial charge < -0.3 is 14.5 Å². The molecule has 0 spiro atoms. The first-order chi connectivity index (χ1) is 12.8. The largest absolute Gasteiger partial charge is 0.392 e. The lowest BCUT2D eigenvalue weighted by molar-refractivity contribution is 0.282. The Bertz CT molecular complexity index is 1240. The van der Waals surface area contributed by atoms with E-state index < -0.39 is 0 Å². The van der Waals surface area contributed by atoms with E-state index in [1.54, 1.807) is 6.20 Å². The van der Waals surface area contributed by atoms with E-state index in [1.807, 2.05) is 59.5 Å². The maximum Gasteiger partial charge on any atom is 0.137 e. The molecule has 0 atom stereocenters. The van der Waals surface area contributed by atoms with Gasteiger partial charge in [0.05, 0.1) is 18.0 Å². The fourth-order valence-corrected chi connectivity index (χ4v) is 3.09. The Morgan fingerprint density at radius 3 is 2.85 bits per heavy atom. The van der Waals surface area contributed by atoms with E-state index in [-0.39, 0.29) is 6.61 Å². The number of imidazole rings is 1. The van der Waals surface area contributed by atoms with Gasteiger partial charge in [-0.15, -0.1) is 0 Å². The lowest BCUT2D eigenvalue weighted by atomic mass is 10.1. The average Bonchev–Trinajstić information content (AvgIpc) is 3.33. The van der Waals surface area contributed by atoms with Crippen LogP contribution in [0.2, 0.25) is 0 Å². The van der Waals surface area contributed by atoms with E-state index in [0.29, 0.717) is 0 Å². The van der Waals surface area contributed by atoms with Crippen molar-refractivity contribution in [3.05, 3.63) is 72.9 Å². The summed E-state index contributed by atoms with van der Waals surface area (Å²) >= 11 is 0. The number of H-pyrrole nitrogens is 1. The minimum Gasteiger partial charge on any atom is -0.392 e.